The molecular weight excluding hydrogens is 272 g/mol. The maximum Gasteiger partial charge on any atom is 0.343 e. The number of aromatic nitrogens is 3. The number of benzene rings is 1. The van der Waals surface area contributed by atoms with Gasteiger partial charge < -0.3 is 5.73 Å². The van der Waals surface area contributed by atoms with E-state index in [0.29, 0.717) is 16.7 Å². The van der Waals surface area contributed by atoms with Gasteiger partial charge in [-0.3, -0.25) is 4.57 Å². The van der Waals surface area contributed by atoms with Gasteiger partial charge in [-0.25, -0.2) is 9.89 Å². The monoisotopic (exact) mass is 284 g/mol. The van der Waals surface area contributed by atoms with Crippen molar-refractivity contribution in [1.29, 1.82) is 0 Å². The Hall–Kier alpha value is -1.24. The van der Waals surface area contributed by atoms with E-state index in [1.165, 1.54) is 16.3 Å². The van der Waals surface area contributed by atoms with E-state index < -0.39 is 0 Å². The predicted molar refractivity (Wildman–Crippen MR) is 72.2 cm³/mol. The zero-order valence-electron chi connectivity index (χ0n) is 9.81. The van der Waals surface area contributed by atoms with Crippen LogP contribution in [0.4, 0.5) is 0 Å². The van der Waals surface area contributed by atoms with Crippen LogP contribution >= 0.6 is 23.4 Å². The molecule has 0 bridgehead atoms. The highest BCUT2D eigenvalue weighted by molar-refractivity contribution is 7.99. The summed E-state index contributed by atoms with van der Waals surface area (Å²) < 4.78 is 1.45. The van der Waals surface area contributed by atoms with Crippen molar-refractivity contribution < 1.29 is 0 Å². The summed E-state index contributed by atoms with van der Waals surface area (Å²) in [6.45, 7) is 0.570. The van der Waals surface area contributed by atoms with E-state index in [0.717, 1.165) is 16.9 Å². The van der Waals surface area contributed by atoms with Crippen LogP contribution in [0.2, 0.25) is 5.02 Å². The number of rotatable bonds is 4. The molecule has 1 heterocycles. The van der Waals surface area contributed by atoms with Crippen LogP contribution in [0.25, 0.3) is 0 Å². The minimum Gasteiger partial charge on any atom is -0.330 e. The van der Waals surface area contributed by atoms with Gasteiger partial charge in [-0.15, -0.1) is 5.10 Å². The molecule has 0 atom stereocenters. The largest absolute Gasteiger partial charge is 0.343 e. The van der Waals surface area contributed by atoms with Gasteiger partial charge in [0.15, 0.2) is 5.16 Å². The van der Waals surface area contributed by atoms with Crippen molar-refractivity contribution >= 4 is 23.4 Å². The first-order valence-corrected chi connectivity index (χ1v) is 6.59. The lowest BCUT2D eigenvalue weighted by molar-refractivity contribution is 0.766. The lowest BCUT2D eigenvalue weighted by Gasteiger charge is -2.05. The molecule has 2 aromatic rings. The summed E-state index contributed by atoms with van der Waals surface area (Å²) in [7, 11) is 1.67. The molecule has 0 aliphatic carbocycles. The van der Waals surface area contributed by atoms with Gasteiger partial charge in [-0.05, 0) is 42.4 Å². The van der Waals surface area contributed by atoms with Crippen LogP contribution in [0, 0.1) is 0 Å². The van der Waals surface area contributed by atoms with E-state index in [4.69, 9.17) is 17.3 Å². The summed E-state index contributed by atoms with van der Waals surface area (Å²) in [4.78, 5) is 12.2. The third-order valence-corrected chi connectivity index (χ3v) is 3.88. The van der Waals surface area contributed by atoms with Gasteiger partial charge in [-0.2, -0.15) is 0 Å². The predicted octanol–water partition coefficient (Wildman–Crippen LogP) is 1.41. The number of aromatic amines is 1. The van der Waals surface area contributed by atoms with Crippen LogP contribution in [-0.4, -0.2) is 21.3 Å². The van der Waals surface area contributed by atoms with Gasteiger partial charge in [-0.1, -0.05) is 17.7 Å². The molecule has 18 heavy (non-hydrogen) atoms. The average Bonchev–Trinajstić information content (AvgIpc) is 2.65. The molecule has 1 aromatic heterocycles. The van der Waals surface area contributed by atoms with Crippen molar-refractivity contribution in [2.75, 3.05) is 6.54 Å². The van der Waals surface area contributed by atoms with E-state index in [1.54, 1.807) is 7.05 Å². The van der Waals surface area contributed by atoms with E-state index >= 15 is 0 Å². The van der Waals surface area contributed by atoms with Crippen molar-refractivity contribution in [2.24, 2.45) is 12.8 Å². The smallest absolute Gasteiger partial charge is 0.330 e. The zero-order valence-corrected chi connectivity index (χ0v) is 11.4. The molecule has 7 heteroatoms. The van der Waals surface area contributed by atoms with Crippen LogP contribution in [0.15, 0.2) is 33.0 Å². The topological polar surface area (TPSA) is 76.7 Å². The van der Waals surface area contributed by atoms with E-state index in [9.17, 15) is 4.79 Å². The van der Waals surface area contributed by atoms with Crippen molar-refractivity contribution in [2.45, 2.75) is 16.5 Å². The van der Waals surface area contributed by atoms with Gasteiger partial charge in [0.25, 0.3) is 0 Å². The molecule has 0 fully saturated rings. The van der Waals surface area contributed by atoms with Crippen molar-refractivity contribution in [3.05, 3.63) is 39.3 Å². The molecular formula is C11H13ClN4OS. The summed E-state index contributed by atoms with van der Waals surface area (Å²) in [5.74, 6) is 0. The minimum absolute atomic E-state index is 0.233. The molecule has 0 radical (unpaired) electrons. The first-order valence-electron chi connectivity index (χ1n) is 5.39. The lowest BCUT2D eigenvalue weighted by atomic mass is 10.1. The molecule has 2 rings (SSSR count). The first kappa shape index (κ1) is 13.2. The normalized spacial score (nSPS) is 10.8. The van der Waals surface area contributed by atoms with Crippen LogP contribution in [-0.2, 0) is 13.5 Å². The van der Waals surface area contributed by atoms with Crippen LogP contribution in [0.5, 0.6) is 0 Å². The summed E-state index contributed by atoms with van der Waals surface area (Å²) in [5, 5.41) is 7.60. The highest BCUT2D eigenvalue weighted by Crippen LogP contribution is 2.28. The molecule has 0 saturated carbocycles. The maximum atomic E-state index is 11.2. The summed E-state index contributed by atoms with van der Waals surface area (Å²) in [6.07, 6.45) is 0.755. The number of nitrogens with one attached hydrogen (secondary N) is 1. The Morgan fingerprint density at radius 2 is 2.33 bits per heavy atom. The van der Waals surface area contributed by atoms with Crippen molar-refractivity contribution in [3.8, 4) is 0 Å². The molecule has 0 amide bonds. The summed E-state index contributed by atoms with van der Waals surface area (Å²) >= 11 is 7.53. The molecule has 0 spiro atoms. The number of H-pyrrole nitrogens is 1. The summed E-state index contributed by atoms with van der Waals surface area (Å²) in [6, 6.07) is 5.75. The van der Waals surface area contributed by atoms with Gasteiger partial charge in [0, 0.05) is 17.0 Å². The Labute approximate surface area is 113 Å². The van der Waals surface area contributed by atoms with Gasteiger partial charge in [0.2, 0.25) is 0 Å². The van der Waals surface area contributed by atoms with E-state index in [1.807, 2.05) is 18.2 Å². The number of nitrogens with zero attached hydrogens (tertiary/aromatic N) is 2. The Kier molecular flexibility index (Phi) is 4.11. The highest BCUT2D eigenvalue weighted by atomic mass is 35.5. The number of halogens is 1. The Morgan fingerprint density at radius 3 is 2.89 bits per heavy atom. The van der Waals surface area contributed by atoms with Crippen LogP contribution < -0.4 is 11.4 Å². The maximum absolute atomic E-state index is 11.2. The number of nitrogens with two attached hydrogens (primary N) is 1. The zero-order chi connectivity index (χ0) is 13.1. The third kappa shape index (κ3) is 2.77. The van der Waals surface area contributed by atoms with Crippen molar-refractivity contribution in [1.82, 2.24) is 14.8 Å². The second-order valence-electron chi connectivity index (χ2n) is 3.76. The van der Waals surface area contributed by atoms with Gasteiger partial charge in [0.1, 0.15) is 0 Å². The second-order valence-corrected chi connectivity index (χ2v) is 5.21. The lowest BCUT2D eigenvalue weighted by Crippen LogP contribution is -2.12. The fraction of sp³-hybridized carbons (Fsp3) is 0.273. The fourth-order valence-corrected chi connectivity index (χ4v) is 2.65. The van der Waals surface area contributed by atoms with Crippen molar-refractivity contribution in [3.63, 3.8) is 0 Å². The highest BCUT2D eigenvalue weighted by Gasteiger charge is 2.08. The second kappa shape index (κ2) is 5.60. The number of hydrogen-bond donors (Lipinski definition) is 2. The van der Waals surface area contributed by atoms with E-state index in [-0.39, 0.29) is 5.69 Å². The Bertz CT molecular complexity index is 607. The molecule has 0 aliphatic rings. The molecule has 1 aromatic carbocycles. The first-order chi connectivity index (χ1) is 8.61. The van der Waals surface area contributed by atoms with E-state index in [2.05, 4.69) is 10.2 Å². The quantitative estimate of drug-likeness (QED) is 0.890. The van der Waals surface area contributed by atoms with Crippen LogP contribution in [0.3, 0.4) is 0 Å². The molecule has 5 nitrogen and oxygen atoms in total. The summed E-state index contributed by atoms with van der Waals surface area (Å²) in [5.41, 5.74) is 6.29. The molecule has 96 valence electrons. The molecule has 0 aliphatic heterocycles. The molecule has 3 N–H and O–H groups in total. The third-order valence-electron chi connectivity index (χ3n) is 2.49. The Morgan fingerprint density at radius 1 is 1.56 bits per heavy atom. The minimum atomic E-state index is -0.233. The average molecular weight is 285 g/mol. The standard InChI is InChI=1S/C11H13ClN4OS/c1-16-10(17)14-15-11(16)18-8-3-2-7(4-5-13)9(12)6-8/h2-3,6H,4-5,13H2,1H3,(H,14,17). The number of hydrogen-bond acceptors (Lipinski definition) is 4. The van der Waals surface area contributed by atoms with Gasteiger partial charge >= 0.3 is 5.69 Å². The SMILES string of the molecule is Cn1c(Sc2ccc(CCN)c(Cl)c2)n[nH]c1=O. The molecule has 0 unspecified atom stereocenters. The van der Waals surface area contributed by atoms with Gasteiger partial charge in [0.05, 0.1) is 0 Å². The van der Waals surface area contributed by atoms with Crippen LogP contribution in [0.1, 0.15) is 5.56 Å². The fourth-order valence-electron chi connectivity index (χ4n) is 1.48. The molecule has 0 saturated heterocycles. The Balaban J connectivity index is 2.22.